The molecule has 1 heterocycles. The Morgan fingerprint density at radius 2 is 1.56 bits per heavy atom. The van der Waals surface area contributed by atoms with Gasteiger partial charge in [-0.05, 0) is 5.56 Å². The molecule has 0 aliphatic carbocycles. The first kappa shape index (κ1) is 28.3. The monoisotopic (exact) mass is 519 g/mol. The average Bonchev–Trinajstić information content (AvgIpc) is 3.34. The minimum absolute atomic E-state index is 0.00784. The largest absolute Gasteiger partial charge is 0.480 e. The lowest BCUT2D eigenvalue weighted by molar-refractivity contribution is -0.141. The quantitative estimate of drug-likeness (QED) is 0.128. The van der Waals surface area contributed by atoms with Crippen molar-refractivity contribution in [3.63, 3.8) is 0 Å². The number of aromatic nitrogens is 2. The Bertz CT molecular complexity index is 1050. The molecule has 0 saturated carbocycles. The number of aromatic amines is 1. The Morgan fingerprint density at radius 3 is 2.11 bits per heavy atom. The van der Waals surface area contributed by atoms with Crippen LogP contribution in [0.1, 0.15) is 17.7 Å². The van der Waals surface area contributed by atoms with Gasteiger partial charge in [0.25, 0.3) is 0 Å². The topological polar surface area (TPSA) is 222 Å². The maximum Gasteiger partial charge on any atom is 0.327 e. The highest BCUT2D eigenvalue weighted by atomic mass is 32.1. The number of carbonyl (C=O) groups excluding carboxylic acids is 4. The maximum atomic E-state index is 13.0. The number of amides is 4. The summed E-state index contributed by atoms with van der Waals surface area (Å²) in [6.45, 7) is 0. The number of nitrogens with one attached hydrogen (secondary N) is 4. The van der Waals surface area contributed by atoms with Crippen LogP contribution in [-0.4, -0.2) is 74.6 Å². The van der Waals surface area contributed by atoms with E-state index in [9.17, 15) is 29.1 Å². The highest BCUT2D eigenvalue weighted by Crippen LogP contribution is 2.06. The van der Waals surface area contributed by atoms with E-state index in [1.54, 1.807) is 30.3 Å². The molecule has 194 valence electrons. The molecule has 0 radical (unpaired) electrons. The molecule has 14 heteroatoms. The summed E-state index contributed by atoms with van der Waals surface area (Å²) in [5, 5.41) is 16.4. The normalized spacial score (nSPS) is 14.1. The molecule has 2 aromatic rings. The van der Waals surface area contributed by atoms with E-state index in [1.807, 2.05) is 0 Å². The van der Waals surface area contributed by atoms with Crippen LogP contribution in [0.4, 0.5) is 0 Å². The first-order valence-electron chi connectivity index (χ1n) is 10.9. The van der Waals surface area contributed by atoms with Crippen LogP contribution in [0.25, 0.3) is 0 Å². The van der Waals surface area contributed by atoms with Gasteiger partial charge in [0.05, 0.1) is 18.8 Å². The molecule has 0 aliphatic rings. The van der Waals surface area contributed by atoms with Gasteiger partial charge in [0.15, 0.2) is 0 Å². The van der Waals surface area contributed by atoms with Crippen LogP contribution in [0.3, 0.4) is 0 Å². The van der Waals surface area contributed by atoms with Crippen molar-refractivity contribution < 1.29 is 29.1 Å². The molecule has 1 aromatic carbocycles. The number of hydrogen-bond donors (Lipinski definition) is 8. The zero-order valence-corrected chi connectivity index (χ0v) is 20.1. The third-order valence-electron chi connectivity index (χ3n) is 5.08. The first-order chi connectivity index (χ1) is 17.1. The van der Waals surface area contributed by atoms with Crippen LogP contribution >= 0.6 is 12.6 Å². The van der Waals surface area contributed by atoms with E-state index in [1.165, 1.54) is 12.5 Å². The van der Waals surface area contributed by atoms with Crippen molar-refractivity contribution in [2.45, 2.75) is 43.4 Å². The lowest BCUT2D eigenvalue weighted by atomic mass is 10.0. The number of carboxylic acids is 1. The Labute approximate surface area is 212 Å². The van der Waals surface area contributed by atoms with Crippen LogP contribution in [0.15, 0.2) is 42.9 Å². The second-order valence-electron chi connectivity index (χ2n) is 7.95. The van der Waals surface area contributed by atoms with Gasteiger partial charge in [-0.2, -0.15) is 12.6 Å². The predicted octanol–water partition coefficient (Wildman–Crippen LogP) is -2.13. The van der Waals surface area contributed by atoms with Crippen molar-refractivity contribution in [1.82, 2.24) is 25.9 Å². The molecule has 0 fully saturated rings. The van der Waals surface area contributed by atoms with Gasteiger partial charge in [0, 0.05) is 30.5 Å². The first-order valence-corrected chi connectivity index (χ1v) is 11.5. The molecule has 1 aromatic heterocycles. The summed E-state index contributed by atoms with van der Waals surface area (Å²) < 4.78 is 0. The Morgan fingerprint density at radius 1 is 0.944 bits per heavy atom. The third-order valence-corrected chi connectivity index (χ3v) is 5.45. The van der Waals surface area contributed by atoms with Crippen LogP contribution < -0.4 is 27.4 Å². The number of hydrogen-bond acceptors (Lipinski definition) is 8. The average molecular weight is 520 g/mol. The second-order valence-corrected chi connectivity index (χ2v) is 8.32. The lowest BCUT2D eigenvalue weighted by Crippen LogP contribution is -2.58. The van der Waals surface area contributed by atoms with Crippen molar-refractivity contribution >= 4 is 42.2 Å². The van der Waals surface area contributed by atoms with E-state index in [0.717, 1.165) is 0 Å². The minimum atomic E-state index is -1.42. The molecule has 4 unspecified atom stereocenters. The van der Waals surface area contributed by atoms with Crippen molar-refractivity contribution in [2.75, 3.05) is 5.75 Å². The van der Waals surface area contributed by atoms with Gasteiger partial charge < -0.3 is 37.5 Å². The van der Waals surface area contributed by atoms with Crippen molar-refractivity contribution in [3.05, 3.63) is 54.1 Å². The third kappa shape index (κ3) is 9.03. The number of carboxylic acid groups (broad SMARTS) is 1. The van der Waals surface area contributed by atoms with Crippen LogP contribution in [0.2, 0.25) is 0 Å². The number of nitrogens with two attached hydrogens (primary N) is 2. The van der Waals surface area contributed by atoms with Gasteiger partial charge in [0.2, 0.25) is 23.6 Å². The molecule has 4 amide bonds. The number of aliphatic carboxylic acids is 1. The molecule has 0 saturated heterocycles. The number of primary amides is 1. The number of rotatable bonds is 14. The standard InChI is InChI=1S/C22H29N7O6S/c23-14(7-13-9-25-11-26-13)19(31)27-16(8-18(24)30)21(33)28-15(6-12-4-2-1-3-5-12)20(32)29-17(10-36)22(34)35/h1-5,9,11,14-17,36H,6-8,10,23H2,(H2,24,30)(H,25,26)(H,27,31)(H,28,33)(H,29,32)(H,34,35). The summed E-state index contributed by atoms with van der Waals surface area (Å²) in [6, 6.07) is 3.66. The second kappa shape index (κ2) is 13.8. The SMILES string of the molecule is NC(=O)CC(NC(=O)C(N)Cc1cnc[nH]1)C(=O)NC(Cc1ccccc1)C(=O)NC(CS)C(=O)O. The van der Waals surface area contributed by atoms with Crippen LogP contribution in [-0.2, 0) is 36.8 Å². The maximum absolute atomic E-state index is 13.0. The molecule has 9 N–H and O–H groups in total. The number of benzene rings is 1. The number of imidazole rings is 1. The van der Waals surface area contributed by atoms with Gasteiger partial charge in [-0.1, -0.05) is 30.3 Å². The fourth-order valence-corrected chi connectivity index (χ4v) is 3.45. The molecule has 13 nitrogen and oxygen atoms in total. The number of H-pyrrole nitrogens is 1. The molecule has 2 rings (SSSR count). The lowest BCUT2D eigenvalue weighted by Gasteiger charge is -2.24. The van der Waals surface area contributed by atoms with E-state index >= 15 is 0 Å². The van der Waals surface area contributed by atoms with E-state index in [0.29, 0.717) is 11.3 Å². The van der Waals surface area contributed by atoms with Gasteiger partial charge in [-0.15, -0.1) is 0 Å². The Balaban J connectivity index is 2.17. The van der Waals surface area contributed by atoms with E-state index in [4.69, 9.17) is 11.5 Å². The summed E-state index contributed by atoms with van der Waals surface area (Å²) in [6.07, 6.45) is 2.46. The van der Waals surface area contributed by atoms with Gasteiger partial charge in [0.1, 0.15) is 18.1 Å². The summed E-state index contributed by atoms with van der Waals surface area (Å²) >= 11 is 3.93. The molecule has 4 atom stereocenters. The Hall–Kier alpha value is -3.91. The highest BCUT2D eigenvalue weighted by Gasteiger charge is 2.31. The fourth-order valence-electron chi connectivity index (χ4n) is 3.20. The summed E-state index contributed by atoms with van der Waals surface area (Å²) in [5.41, 5.74) is 12.4. The Kier molecular flexibility index (Phi) is 10.9. The van der Waals surface area contributed by atoms with Gasteiger partial charge in [-0.25, -0.2) is 9.78 Å². The van der Waals surface area contributed by atoms with Crippen molar-refractivity contribution in [2.24, 2.45) is 11.5 Å². The molecule has 0 spiro atoms. The van der Waals surface area contributed by atoms with Gasteiger partial charge >= 0.3 is 5.97 Å². The molecule has 0 bridgehead atoms. The predicted molar refractivity (Wildman–Crippen MR) is 132 cm³/mol. The highest BCUT2D eigenvalue weighted by molar-refractivity contribution is 7.80. The smallest absolute Gasteiger partial charge is 0.327 e. The minimum Gasteiger partial charge on any atom is -0.480 e. The van der Waals surface area contributed by atoms with Crippen molar-refractivity contribution in [3.8, 4) is 0 Å². The van der Waals surface area contributed by atoms with E-state index < -0.39 is 60.2 Å². The molecular weight excluding hydrogens is 490 g/mol. The van der Waals surface area contributed by atoms with Crippen molar-refractivity contribution in [1.29, 1.82) is 0 Å². The fraction of sp³-hybridized carbons (Fsp3) is 0.364. The number of thiol groups is 1. The number of nitrogens with zero attached hydrogens (tertiary/aromatic N) is 1. The summed E-state index contributed by atoms with van der Waals surface area (Å²) in [7, 11) is 0. The summed E-state index contributed by atoms with van der Waals surface area (Å²) in [5.74, 6) is -4.73. The molecular formula is C22H29N7O6S. The van der Waals surface area contributed by atoms with Crippen LogP contribution in [0, 0.1) is 0 Å². The summed E-state index contributed by atoms with van der Waals surface area (Å²) in [4.78, 5) is 68.1. The zero-order valence-electron chi connectivity index (χ0n) is 19.2. The number of carbonyl (C=O) groups is 5. The van der Waals surface area contributed by atoms with Gasteiger partial charge in [-0.3, -0.25) is 19.2 Å². The molecule has 0 aliphatic heterocycles. The molecule has 36 heavy (non-hydrogen) atoms. The van der Waals surface area contributed by atoms with E-state index in [-0.39, 0.29) is 18.6 Å². The van der Waals surface area contributed by atoms with Crippen LogP contribution in [0.5, 0.6) is 0 Å². The zero-order chi connectivity index (χ0) is 26.7. The van der Waals surface area contributed by atoms with E-state index in [2.05, 4.69) is 38.5 Å².